The molecule has 9 heteroatoms. The number of hydrogen-bond donors (Lipinski definition) is 1. The molecule has 168 valence electrons. The average molecular weight is 456 g/mol. The number of aryl methyl sites for hydroxylation is 2. The van der Waals surface area contributed by atoms with Crippen LogP contribution in [0.4, 0.5) is 0 Å². The number of amides is 1. The number of ether oxygens (including phenoxy) is 2. The summed E-state index contributed by atoms with van der Waals surface area (Å²) in [6.45, 7) is 0.496. The predicted octanol–water partition coefficient (Wildman–Crippen LogP) is 2.95. The Hall–Kier alpha value is -3.33. The van der Waals surface area contributed by atoms with Gasteiger partial charge in [0.2, 0.25) is 0 Å². The van der Waals surface area contributed by atoms with Gasteiger partial charge in [0, 0.05) is 12.4 Å². The second kappa shape index (κ2) is 9.04. The van der Waals surface area contributed by atoms with E-state index >= 15 is 0 Å². The third-order valence-corrected chi connectivity index (χ3v) is 6.91. The molecule has 8 nitrogen and oxygen atoms in total. The number of carbonyl (C=O) groups excluding carboxylic acids is 1. The largest absolute Gasteiger partial charge is 0.496 e. The molecule has 0 fully saturated rings. The molecular weight excluding hydrogens is 430 g/mol. The summed E-state index contributed by atoms with van der Waals surface area (Å²) in [4.78, 5) is 12.9. The molecule has 1 aliphatic rings. The van der Waals surface area contributed by atoms with E-state index in [0.29, 0.717) is 6.54 Å². The van der Waals surface area contributed by atoms with Crippen LogP contribution in [0.5, 0.6) is 11.5 Å². The van der Waals surface area contributed by atoms with E-state index in [2.05, 4.69) is 9.82 Å². The third-order valence-electron chi connectivity index (χ3n) is 5.56. The number of sulfonamides is 1. The van der Waals surface area contributed by atoms with Crippen molar-refractivity contribution >= 4 is 15.9 Å². The van der Waals surface area contributed by atoms with E-state index in [1.54, 1.807) is 41.2 Å². The number of rotatable bonds is 7. The first-order valence-corrected chi connectivity index (χ1v) is 11.8. The second-order valence-electron chi connectivity index (χ2n) is 7.65. The molecular formula is C23H25N3O5S. The first kappa shape index (κ1) is 21.9. The number of aromatic nitrogens is 2. The van der Waals surface area contributed by atoms with Crippen LogP contribution in [-0.4, -0.2) is 38.3 Å². The van der Waals surface area contributed by atoms with E-state index in [9.17, 15) is 13.2 Å². The maximum atomic E-state index is 13.1. The lowest BCUT2D eigenvalue weighted by Crippen LogP contribution is -2.31. The summed E-state index contributed by atoms with van der Waals surface area (Å²) in [5.41, 5.74) is 3.05. The fraction of sp³-hybridized carbons (Fsp3) is 0.304. The smallest absolute Gasteiger partial charge is 0.268 e. The van der Waals surface area contributed by atoms with Crippen LogP contribution in [0, 0.1) is 0 Å². The summed E-state index contributed by atoms with van der Waals surface area (Å²) in [5.74, 6) is -0.264. The molecule has 1 aromatic heterocycles. The van der Waals surface area contributed by atoms with Crippen LogP contribution < -0.4 is 14.2 Å². The van der Waals surface area contributed by atoms with Crippen molar-refractivity contribution in [2.45, 2.75) is 37.1 Å². The third kappa shape index (κ3) is 4.47. The molecule has 4 rings (SSSR count). The lowest BCUT2D eigenvalue weighted by molar-refractivity contribution is 0.0978. The lowest BCUT2D eigenvalue weighted by Gasteiger charge is -2.19. The van der Waals surface area contributed by atoms with E-state index in [4.69, 9.17) is 9.47 Å². The van der Waals surface area contributed by atoms with Crippen LogP contribution in [0.15, 0.2) is 53.7 Å². The molecule has 32 heavy (non-hydrogen) atoms. The minimum atomic E-state index is -4.15. The van der Waals surface area contributed by atoms with Crippen molar-refractivity contribution in [1.29, 1.82) is 0 Å². The minimum Gasteiger partial charge on any atom is -0.496 e. The van der Waals surface area contributed by atoms with Crippen molar-refractivity contribution in [2.24, 2.45) is 0 Å². The standard InChI is InChI=1S/C23H25N3O5S/c1-30-20-12-16(15-26-11-5-10-24-26)8-9-19(20)23(27)25-32(28,29)22-14-18-7-4-3-6-17(18)13-21(22)31-2/h5,8-14H,3-4,6-7,15H2,1-2H3,(H,25,27). The van der Waals surface area contributed by atoms with Gasteiger partial charge in [0.15, 0.2) is 0 Å². The van der Waals surface area contributed by atoms with Crippen LogP contribution in [0.1, 0.15) is 39.9 Å². The first-order valence-electron chi connectivity index (χ1n) is 10.3. The highest BCUT2D eigenvalue weighted by atomic mass is 32.2. The summed E-state index contributed by atoms with van der Waals surface area (Å²) < 4.78 is 40.8. The van der Waals surface area contributed by atoms with Crippen LogP contribution >= 0.6 is 0 Å². The van der Waals surface area contributed by atoms with Crippen LogP contribution in [0.25, 0.3) is 0 Å². The van der Waals surface area contributed by atoms with Gasteiger partial charge in [0.25, 0.3) is 15.9 Å². The fourth-order valence-corrected chi connectivity index (χ4v) is 5.11. The Morgan fingerprint density at radius 3 is 2.44 bits per heavy atom. The van der Waals surface area contributed by atoms with Gasteiger partial charge in [-0.1, -0.05) is 6.07 Å². The van der Waals surface area contributed by atoms with Gasteiger partial charge in [-0.3, -0.25) is 9.48 Å². The molecule has 0 saturated heterocycles. The molecule has 1 amide bonds. The van der Waals surface area contributed by atoms with E-state index in [1.807, 2.05) is 12.3 Å². The molecule has 1 N–H and O–H groups in total. The summed E-state index contributed by atoms with van der Waals surface area (Å²) in [6.07, 6.45) is 7.27. The average Bonchev–Trinajstić information content (AvgIpc) is 3.30. The fourth-order valence-electron chi connectivity index (χ4n) is 3.94. The normalized spacial score (nSPS) is 13.3. The Bertz CT molecular complexity index is 1240. The Morgan fingerprint density at radius 2 is 1.78 bits per heavy atom. The summed E-state index contributed by atoms with van der Waals surface area (Å²) in [5, 5.41) is 4.16. The van der Waals surface area contributed by atoms with Crippen LogP contribution in [-0.2, 0) is 29.4 Å². The zero-order valence-corrected chi connectivity index (χ0v) is 18.8. The Balaban J connectivity index is 1.60. The first-order chi connectivity index (χ1) is 15.4. The number of carbonyl (C=O) groups is 1. The van der Waals surface area contributed by atoms with Crippen molar-refractivity contribution in [3.63, 3.8) is 0 Å². The molecule has 0 atom stereocenters. The summed E-state index contributed by atoms with van der Waals surface area (Å²) in [7, 11) is -1.30. The molecule has 0 radical (unpaired) electrons. The zero-order valence-electron chi connectivity index (χ0n) is 18.0. The number of hydrogen-bond acceptors (Lipinski definition) is 6. The quantitative estimate of drug-likeness (QED) is 0.588. The molecule has 1 aliphatic carbocycles. The zero-order chi connectivity index (χ0) is 22.7. The number of fused-ring (bicyclic) bond motifs is 1. The predicted molar refractivity (Wildman–Crippen MR) is 119 cm³/mol. The van der Waals surface area contributed by atoms with E-state index in [1.165, 1.54) is 14.2 Å². The van der Waals surface area contributed by atoms with Gasteiger partial charge in [-0.15, -0.1) is 0 Å². The minimum absolute atomic E-state index is 0.0386. The summed E-state index contributed by atoms with van der Waals surface area (Å²) in [6, 6.07) is 10.2. The van der Waals surface area contributed by atoms with Gasteiger partial charge in [0.05, 0.1) is 26.3 Å². The van der Waals surface area contributed by atoms with Crippen molar-refractivity contribution in [3.05, 3.63) is 71.0 Å². The van der Waals surface area contributed by atoms with Crippen LogP contribution in [0.3, 0.4) is 0 Å². The van der Waals surface area contributed by atoms with Crippen molar-refractivity contribution < 1.29 is 22.7 Å². The van der Waals surface area contributed by atoms with Crippen molar-refractivity contribution in [1.82, 2.24) is 14.5 Å². The van der Waals surface area contributed by atoms with Crippen LogP contribution in [0.2, 0.25) is 0 Å². The monoisotopic (exact) mass is 455 g/mol. The van der Waals surface area contributed by atoms with E-state index in [0.717, 1.165) is 42.4 Å². The molecule has 0 aliphatic heterocycles. The molecule has 0 saturated carbocycles. The molecule has 3 aromatic rings. The highest BCUT2D eigenvalue weighted by Crippen LogP contribution is 2.32. The number of methoxy groups -OCH3 is 2. The molecule has 0 bridgehead atoms. The Morgan fingerprint density at radius 1 is 1.06 bits per heavy atom. The maximum Gasteiger partial charge on any atom is 0.268 e. The van der Waals surface area contributed by atoms with Gasteiger partial charge >= 0.3 is 0 Å². The van der Waals surface area contributed by atoms with Gasteiger partial charge in [-0.05, 0) is 72.7 Å². The van der Waals surface area contributed by atoms with Crippen molar-refractivity contribution in [3.8, 4) is 11.5 Å². The van der Waals surface area contributed by atoms with Gasteiger partial charge < -0.3 is 9.47 Å². The maximum absolute atomic E-state index is 13.1. The van der Waals surface area contributed by atoms with Gasteiger partial charge in [-0.25, -0.2) is 13.1 Å². The topological polar surface area (TPSA) is 99.5 Å². The molecule has 2 aromatic carbocycles. The highest BCUT2D eigenvalue weighted by molar-refractivity contribution is 7.90. The number of nitrogens with one attached hydrogen (secondary N) is 1. The lowest BCUT2D eigenvalue weighted by atomic mass is 9.92. The molecule has 1 heterocycles. The molecule has 0 spiro atoms. The van der Waals surface area contributed by atoms with E-state index < -0.39 is 15.9 Å². The highest BCUT2D eigenvalue weighted by Gasteiger charge is 2.26. The Kier molecular flexibility index (Phi) is 6.18. The van der Waals surface area contributed by atoms with E-state index in [-0.39, 0.29) is 22.0 Å². The SMILES string of the molecule is COc1cc(Cn2cccn2)ccc1C(=O)NS(=O)(=O)c1cc2c(cc1OC)CCCC2. The number of benzene rings is 2. The molecule has 0 unspecified atom stereocenters. The van der Waals surface area contributed by atoms with Crippen molar-refractivity contribution in [2.75, 3.05) is 14.2 Å². The van der Waals surface area contributed by atoms with Gasteiger partial charge in [0.1, 0.15) is 16.4 Å². The Labute approximate surface area is 187 Å². The summed E-state index contributed by atoms with van der Waals surface area (Å²) >= 11 is 0. The second-order valence-corrected chi connectivity index (χ2v) is 9.30. The van der Waals surface area contributed by atoms with Gasteiger partial charge in [-0.2, -0.15) is 5.10 Å². The number of nitrogens with zero attached hydrogens (tertiary/aromatic N) is 2.